The van der Waals surface area contributed by atoms with Crippen LogP contribution in [0, 0.1) is 5.92 Å². The van der Waals surface area contributed by atoms with Gasteiger partial charge in [-0.05, 0) is 56.6 Å². The minimum atomic E-state index is -1.39. The molecule has 0 aromatic heterocycles. The molecular formula is C21H36N4O7S. The van der Waals surface area contributed by atoms with Crippen LogP contribution in [0.1, 0.15) is 52.4 Å². The normalized spacial score (nSPS) is 18.2. The van der Waals surface area contributed by atoms with Crippen LogP contribution in [-0.4, -0.2) is 82.6 Å². The van der Waals surface area contributed by atoms with Crippen LogP contribution in [0.4, 0.5) is 0 Å². The van der Waals surface area contributed by atoms with Gasteiger partial charge in [0.2, 0.25) is 17.7 Å². The van der Waals surface area contributed by atoms with Crippen molar-refractivity contribution in [3.63, 3.8) is 0 Å². The van der Waals surface area contributed by atoms with E-state index < -0.39 is 48.3 Å². The van der Waals surface area contributed by atoms with Gasteiger partial charge in [0.1, 0.15) is 18.1 Å². The molecule has 0 saturated carbocycles. The molecule has 0 radical (unpaired) electrons. The van der Waals surface area contributed by atoms with Gasteiger partial charge in [-0.1, -0.05) is 13.8 Å². The number of carbonyl (C=O) groups excluding carboxylic acids is 3. The van der Waals surface area contributed by atoms with Crippen molar-refractivity contribution < 1.29 is 34.2 Å². The van der Waals surface area contributed by atoms with Crippen LogP contribution in [0.25, 0.3) is 0 Å². The van der Waals surface area contributed by atoms with Crippen molar-refractivity contribution in [2.24, 2.45) is 5.92 Å². The maximum atomic E-state index is 13.0. The predicted octanol–water partition coefficient (Wildman–Crippen LogP) is -0.0586. The Balaban J connectivity index is 2.88. The van der Waals surface area contributed by atoms with Crippen LogP contribution in [0.3, 0.4) is 0 Å². The Morgan fingerprint density at radius 3 is 2.12 bits per heavy atom. The first-order valence-electron chi connectivity index (χ1n) is 11.1. The molecule has 6 N–H and O–H groups in total. The number of carboxylic acid groups (broad SMARTS) is 2. The Labute approximate surface area is 198 Å². The highest BCUT2D eigenvalue weighted by molar-refractivity contribution is 7.98. The molecule has 11 nitrogen and oxygen atoms in total. The third-order valence-electron chi connectivity index (χ3n) is 5.22. The number of hydrogen-bond acceptors (Lipinski definition) is 7. The summed E-state index contributed by atoms with van der Waals surface area (Å²) < 4.78 is 0. The predicted molar refractivity (Wildman–Crippen MR) is 124 cm³/mol. The summed E-state index contributed by atoms with van der Waals surface area (Å²) in [4.78, 5) is 60.5. The number of carboxylic acids is 2. The molecule has 1 rings (SSSR count). The van der Waals surface area contributed by atoms with Gasteiger partial charge in [-0.3, -0.25) is 19.2 Å². The summed E-state index contributed by atoms with van der Waals surface area (Å²) in [5.74, 6) is -3.39. The van der Waals surface area contributed by atoms with Gasteiger partial charge in [-0.2, -0.15) is 11.8 Å². The second-order valence-corrected chi connectivity index (χ2v) is 9.50. The zero-order valence-corrected chi connectivity index (χ0v) is 20.2. The van der Waals surface area contributed by atoms with E-state index in [1.807, 2.05) is 20.1 Å². The third kappa shape index (κ3) is 10.9. The maximum Gasteiger partial charge on any atom is 0.326 e. The van der Waals surface area contributed by atoms with E-state index in [-0.39, 0.29) is 30.7 Å². The lowest BCUT2D eigenvalue weighted by molar-refractivity contribution is -0.143. The lowest BCUT2D eigenvalue weighted by Gasteiger charge is -2.26. The molecule has 1 heterocycles. The zero-order chi connectivity index (χ0) is 25.0. The highest BCUT2D eigenvalue weighted by Crippen LogP contribution is 2.10. The van der Waals surface area contributed by atoms with Gasteiger partial charge in [-0.25, -0.2) is 4.79 Å². The van der Waals surface area contributed by atoms with Crippen molar-refractivity contribution in [1.82, 2.24) is 21.3 Å². The second-order valence-electron chi connectivity index (χ2n) is 8.51. The number of nitrogens with one attached hydrogen (secondary N) is 4. The lowest BCUT2D eigenvalue weighted by atomic mass is 10.0. The summed E-state index contributed by atoms with van der Waals surface area (Å²) in [6.45, 7) is 4.57. The molecule has 188 valence electrons. The van der Waals surface area contributed by atoms with Gasteiger partial charge in [0.25, 0.3) is 0 Å². The largest absolute Gasteiger partial charge is 0.481 e. The fourth-order valence-corrected chi connectivity index (χ4v) is 3.93. The van der Waals surface area contributed by atoms with Crippen LogP contribution in [0.5, 0.6) is 0 Å². The fourth-order valence-electron chi connectivity index (χ4n) is 3.46. The Morgan fingerprint density at radius 2 is 1.61 bits per heavy atom. The molecule has 0 bridgehead atoms. The number of carbonyl (C=O) groups is 5. The first kappa shape index (κ1) is 28.7. The summed E-state index contributed by atoms with van der Waals surface area (Å²) in [5.41, 5.74) is 0. The fraction of sp³-hybridized carbons (Fsp3) is 0.762. The monoisotopic (exact) mass is 488 g/mol. The van der Waals surface area contributed by atoms with Crippen LogP contribution < -0.4 is 21.3 Å². The Kier molecular flexibility index (Phi) is 12.8. The smallest absolute Gasteiger partial charge is 0.326 e. The summed E-state index contributed by atoms with van der Waals surface area (Å²) >= 11 is 1.46. The lowest BCUT2D eigenvalue weighted by Crippen LogP contribution is -2.57. The van der Waals surface area contributed by atoms with Crippen molar-refractivity contribution in [2.75, 3.05) is 18.6 Å². The number of hydrogen-bond donors (Lipinski definition) is 6. The molecule has 0 spiro atoms. The minimum Gasteiger partial charge on any atom is -0.481 e. The van der Waals surface area contributed by atoms with E-state index in [1.165, 1.54) is 11.8 Å². The van der Waals surface area contributed by atoms with Gasteiger partial charge in [0.15, 0.2) is 0 Å². The third-order valence-corrected chi connectivity index (χ3v) is 5.87. The first-order valence-corrected chi connectivity index (χ1v) is 12.5. The van der Waals surface area contributed by atoms with E-state index in [9.17, 15) is 29.1 Å². The van der Waals surface area contributed by atoms with Crippen LogP contribution >= 0.6 is 11.8 Å². The molecule has 1 aliphatic rings. The average Bonchev–Trinajstić information content (AvgIpc) is 3.27. The minimum absolute atomic E-state index is 0.100. The number of aliphatic carboxylic acids is 2. The van der Waals surface area contributed by atoms with E-state index in [2.05, 4.69) is 21.3 Å². The second kappa shape index (κ2) is 14.7. The standard InChI is InChI=1S/C21H36N4O7S/c1-12(2)11-16(25-18(28)13-5-4-9-22-13)20(30)23-14(8-10-33-3)19(29)24-15(21(31)32)6-7-17(26)27/h12-16,22H,4-11H2,1-3H3,(H,23,30)(H,24,29)(H,25,28)(H,26,27)(H,31,32). The molecular weight excluding hydrogens is 452 g/mol. The summed E-state index contributed by atoms with van der Waals surface area (Å²) in [6.07, 6.45) is 3.32. The van der Waals surface area contributed by atoms with E-state index >= 15 is 0 Å². The van der Waals surface area contributed by atoms with Gasteiger partial charge in [-0.15, -0.1) is 0 Å². The Bertz CT molecular complexity index is 698. The van der Waals surface area contributed by atoms with Crippen molar-refractivity contribution in [3.8, 4) is 0 Å². The molecule has 12 heteroatoms. The van der Waals surface area contributed by atoms with Crippen molar-refractivity contribution >= 4 is 41.4 Å². The summed E-state index contributed by atoms with van der Waals surface area (Å²) in [7, 11) is 0. The Morgan fingerprint density at radius 1 is 0.970 bits per heavy atom. The van der Waals surface area contributed by atoms with Crippen molar-refractivity contribution in [3.05, 3.63) is 0 Å². The van der Waals surface area contributed by atoms with Gasteiger partial charge in [0, 0.05) is 6.42 Å². The maximum absolute atomic E-state index is 13.0. The molecule has 1 aliphatic heterocycles. The summed E-state index contributed by atoms with van der Waals surface area (Å²) in [5, 5.41) is 29.0. The topological polar surface area (TPSA) is 174 Å². The van der Waals surface area contributed by atoms with Crippen molar-refractivity contribution in [1.29, 1.82) is 0 Å². The molecule has 0 aliphatic carbocycles. The molecule has 1 saturated heterocycles. The zero-order valence-electron chi connectivity index (χ0n) is 19.4. The molecule has 0 aromatic rings. The molecule has 33 heavy (non-hydrogen) atoms. The van der Waals surface area contributed by atoms with Gasteiger partial charge >= 0.3 is 11.9 Å². The molecule has 4 atom stereocenters. The highest BCUT2D eigenvalue weighted by Gasteiger charge is 2.31. The quantitative estimate of drug-likeness (QED) is 0.184. The van der Waals surface area contributed by atoms with Crippen LogP contribution in [0.15, 0.2) is 0 Å². The van der Waals surface area contributed by atoms with E-state index in [4.69, 9.17) is 5.11 Å². The van der Waals surface area contributed by atoms with E-state index in [1.54, 1.807) is 0 Å². The Hall–Kier alpha value is -2.34. The molecule has 4 unspecified atom stereocenters. The van der Waals surface area contributed by atoms with Gasteiger partial charge < -0.3 is 31.5 Å². The van der Waals surface area contributed by atoms with Crippen LogP contribution in [-0.2, 0) is 24.0 Å². The molecule has 0 aromatic carbocycles. The average molecular weight is 489 g/mol. The summed E-state index contributed by atoms with van der Waals surface area (Å²) in [6, 6.07) is -3.60. The van der Waals surface area contributed by atoms with Crippen LogP contribution in [0.2, 0.25) is 0 Å². The first-order chi connectivity index (χ1) is 15.5. The van der Waals surface area contributed by atoms with Gasteiger partial charge in [0.05, 0.1) is 6.04 Å². The highest BCUT2D eigenvalue weighted by atomic mass is 32.2. The number of amides is 3. The van der Waals surface area contributed by atoms with E-state index in [0.29, 0.717) is 18.6 Å². The number of thioether (sulfide) groups is 1. The molecule has 3 amide bonds. The SMILES string of the molecule is CSCCC(NC(=O)C(CC(C)C)NC(=O)C1CCCN1)C(=O)NC(CCC(=O)O)C(=O)O. The van der Waals surface area contributed by atoms with E-state index in [0.717, 1.165) is 13.0 Å². The number of rotatable bonds is 15. The van der Waals surface area contributed by atoms with Crippen molar-refractivity contribution in [2.45, 2.75) is 76.5 Å². The molecule has 1 fully saturated rings.